The second-order valence-corrected chi connectivity index (χ2v) is 6.34. The molecule has 1 aromatic carbocycles. The van der Waals surface area contributed by atoms with E-state index in [1.807, 2.05) is 31.2 Å². The summed E-state index contributed by atoms with van der Waals surface area (Å²) in [7, 11) is 1.65. The van der Waals surface area contributed by atoms with Crippen molar-refractivity contribution in [3.8, 4) is 5.75 Å². The van der Waals surface area contributed by atoms with Gasteiger partial charge in [-0.1, -0.05) is 18.9 Å². The van der Waals surface area contributed by atoms with Crippen LogP contribution in [0.4, 0.5) is 0 Å². The molecule has 0 spiro atoms. The Morgan fingerprint density at radius 2 is 2.16 bits per heavy atom. The molecule has 1 atom stereocenters. The van der Waals surface area contributed by atoms with E-state index < -0.39 is 0 Å². The van der Waals surface area contributed by atoms with Crippen LogP contribution in [0.5, 0.6) is 5.75 Å². The first-order valence-corrected chi connectivity index (χ1v) is 7.68. The van der Waals surface area contributed by atoms with Gasteiger partial charge in [0, 0.05) is 10.9 Å². The Morgan fingerprint density at radius 1 is 1.42 bits per heavy atom. The maximum absolute atomic E-state index is 12.1. The molecule has 3 nitrogen and oxygen atoms in total. The van der Waals surface area contributed by atoms with Gasteiger partial charge in [0.15, 0.2) is 0 Å². The van der Waals surface area contributed by atoms with Crippen LogP contribution < -0.4 is 10.1 Å². The molecule has 1 amide bonds. The minimum Gasteiger partial charge on any atom is -0.497 e. The highest BCUT2D eigenvalue weighted by atomic mass is 32.2. The molecule has 0 aliphatic heterocycles. The van der Waals surface area contributed by atoms with Gasteiger partial charge in [-0.05, 0) is 38.0 Å². The first kappa shape index (κ1) is 14.3. The molecule has 2 rings (SSSR count). The van der Waals surface area contributed by atoms with Gasteiger partial charge in [-0.3, -0.25) is 4.79 Å². The van der Waals surface area contributed by atoms with Crippen LogP contribution in [-0.2, 0) is 4.79 Å². The average molecular weight is 279 g/mol. The summed E-state index contributed by atoms with van der Waals surface area (Å²) in [6, 6.07) is 8.22. The van der Waals surface area contributed by atoms with Gasteiger partial charge < -0.3 is 10.1 Å². The lowest BCUT2D eigenvalue weighted by molar-refractivity contribution is -0.120. The summed E-state index contributed by atoms with van der Waals surface area (Å²) in [5, 5.41) is 3.06. The quantitative estimate of drug-likeness (QED) is 0.841. The SMILES string of the molecule is COc1cccc(SC(C)C(=O)NC2CCCC2)c1. The second kappa shape index (κ2) is 6.85. The van der Waals surface area contributed by atoms with E-state index in [9.17, 15) is 4.79 Å². The molecule has 19 heavy (non-hydrogen) atoms. The zero-order valence-corrected chi connectivity index (χ0v) is 12.3. The monoisotopic (exact) mass is 279 g/mol. The van der Waals surface area contributed by atoms with E-state index in [1.54, 1.807) is 18.9 Å². The van der Waals surface area contributed by atoms with E-state index in [4.69, 9.17) is 4.74 Å². The van der Waals surface area contributed by atoms with Gasteiger partial charge in [0.2, 0.25) is 5.91 Å². The molecule has 4 heteroatoms. The van der Waals surface area contributed by atoms with Gasteiger partial charge in [-0.25, -0.2) is 0 Å². The highest BCUT2D eigenvalue weighted by Gasteiger charge is 2.21. The molecule has 0 bridgehead atoms. The minimum absolute atomic E-state index is 0.0762. The predicted octanol–water partition coefficient (Wildman–Crippen LogP) is 3.23. The van der Waals surface area contributed by atoms with Gasteiger partial charge >= 0.3 is 0 Å². The molecule has 0 aromatic heterocycles. The number of ether oxygens (including phenoxy) is 1. The Kier molecular flexibility index (Phi) is 5.14. The topological polar surface area (TPSA) is 38.3 Å². The van der Waals surface area contributed by atoms with Gasteiger partial charge in [0.1, 0.15) is 5.75 Å². The second-order valence-electron chi connectivity index (χ2n) is 4.93. The third kappa shape index (κ3) is 4.16. The first-order chi connectivity index (χ1) is 9.19. The summed E-state index contributed by atoms with van der Waals surface area (Å²) in [5.41, 5.74) is 0. The Hall–Kier alpha value is -1.16. The normalized spacial score (nSPS) is 17.2. The van der Waals surface area contributed by atoms with E-state index in [0.29, 0.717) is 6.04 Å². The summed E-state index contributed by atoms with van der Waals surface area (Å²) in [4.78, 5) is 13.2. The smallest absolute Gasteiger partial charge is 0.233 e. The van der Waals surface area contributed by atoms with Crippen LogP contribution in [0.2, 0.25) is 0 Å². The van der Waals surface area contributed by atoms with Crippen molar-refractivity contribution in [2.24, 2.45) is 0 Å². The van der Waals surface area contributed by atoms with Crippen molar-refractivity contribution in [2.75, 3.05) is 7.11 Å². The van der Waals surface area contributed by atoms with E-state index in [0.717, 1.165) is 23.5 Å². The lowest BCUT2D eigenvalue weighted by Crippen LogP contribution is -2.37. The fraction of sp³-hybridized carbons (Fsp3) is 0.533. The zero-order chi connectivity index (χ0) is 13.7. The third-order valence-corrected chi connectivity index (χ3v) is 4.52. The molecule has 1 saturated carbocycles. The van der Waals surface area contributed by atoms with Crippen LogP contribution in [0.3, 0.4) is 0 Å². The Morgan fingerprint density at radius 3 is 2.84 bits per heavy atom. The molecule has 0 heterocycles. The van der Waals surface area contributed by atoms with Gasteiger partial charge in [0.25, 0.3) is 0 Å². The number of carbonyl (C=O) groups is 1. The highest BCUT2D eigenvalue weighted by molar-refractivity contribution is 8.00. The molecule has 1 aliphatic rings. The van der Waals surface area contributed by atoms with Crippen LogP contribution in [0.1, 0.15) is 32.6 Å². The van der Waals surface area contributed by atoms with Crippen LogP contribution in [0.25, 0.3) is 0 Å². The van der Waals surface area contributed by atoms with Crippen LogP contribution in [0, 0.1) is 0 Å². The standard InChI is InChI=1S/C15H21NO2S/c1-11(15(17)16-12-6-3-4-7-12)19-14-9-5-8-13(10-14)18-2/h5,8-12H,3-4,6-7H2,1-2H3,(H,16,17). The van der Waals surface area contributed by atoms with Crippen molar-refractivity contribution in [2.45, 2.75) is 48.8 Å². The van der Waals surface area contributed by atoms with E-state index in [2.05, 4.69) is 5.32 Å². The van der Waals surface area contributed by atoms with Crippen LogP contribution in [-0.4, -0.2) is 24.3 Å². The molecule has 1 aromatic rings. The molecule has 1 unspecified atom stereocenters. The first-order valence-electron chi connectivity index (χ1n) is 6.80. The van der Waals surface area contributed by atoms with E-state index in [1.165, 1.54) is 12.8 Å². The summed E-state index contributed by atoms with van der Waals surface area (Å²) in [5.74, 6) is 0.966. The molecule has 1 aliphatic carbocycles. The van der Waals surface area contributed by atoms with Crippen molar-refractivity contribution in [3.05, 3.63) is 24.3 Å². The molecular formula is C15H21NO2S. The minimum atomic E-state index is -0.0762. The largest absolute Gasteiger partial charge is 0.497 e. The Labute approximate surface area is 119 Å². The molecule has 1 N–H and O–H groups in total. The fourth-order valence-electron chi connectivity index (χ4n) is 2.32. The summed E-state index contributed by atoms with van der Waals surface area (Å²) in [6.45, 7) is 1.95. The van der Waals surface area contributed by atoms with E-state index >= 15 is 0 Å². The molecular weight excluding hydrogens is 258 g/mol. The number of thioether (sulfide) groups is 1. The number of rotatable bonds is 5. The average Bonchev–Trinajstić information content (AvgIpc) is 2.91. The lowest BCUT2D eigenvalue weighted by Gasteiger charge is -2.16. The number of hydrogen-bond acceptors (Lipinski definition) is 3. The van der Waals surface area contributed by atoms with Gasteiger partial charge in [-0.15, -0.1) is 11.8 Å². The van der Waals surface area contributed by atoms with Crippen molar-refractivity contribution >= 4 is 17.7 Å². The summed E-state index contributed by atoms with van der Waals surface area (Å²) >= 11 is 1.57. The highest BCUT2D eigenvalue weighted by Crippen LogP contribution is 2.27. The Balaban J connectivity index is 1.88. The lowest BCUT2D eigenvalue weighted by atomic mass is 10.2. The fourth-order valence-corrected chi connectivity index (χ4v) is 3.25. The molecule has 0 radical (unpaired) electrons. The number of carbonyl (C=O) groups excluding carboxylic acids is 1. The summed E-state index contributed by atoms with van der Waals surface area (Å²) in [6.07, 6.45) is 4.73. The number of methoxy groups -OCH3 is 1. The summed E-state index contributed by atoms with van der Waals surface area (Å²) < 4.78 is 5.19. The molecule has 0 saturated heterocycles. The van der Waals surface area contributed by atoms with Crippen molar-refractivity contribution in [1.29, 1.82) is 0 Å². The van der Waals surface area contributed by atoms with Crippen LogP contribution in [0.15, 0.2) is 29.2 Å². The van der Waals surface area contributed by atoms with Gasteiger partial charge in [0.05, 0.1) is 12.4 Å². The third-order valence-electron chi connectivity index (χ3n) is 3.42. The predicted molar refractivity (Wildman–Crippen MR) is 78.7 cm³/mol. The van der Waals surface area contributed by atoms with Crippen molar-refractivity contribution < 1.29 is 9.53 Å². The molecule has 1 fully saturated rings. The number of nitrogens with one attached hydrogen (secondary N) is 1. The van der Waals surface area contributed by atoms with Crippen LogP contribution >= 0.6 is 11.8 Å². The van der Waals surface area contributed by atoms with E-state index in [-0.39, 0.29) is 11.2 Å². The van der Waals surface area contributed by atoms with Crippen molar-refractivity contribution in [3.63, 3.8) is 0 Å². The Bertz CT molecular complexity index is 430. The maximum Gasteiger partial charge on any atom is 0.233 e. The van der Waals surface area contributed by atoms with Gasteiger partial charge in [-0.2, -0.15) is 0 Å². The number of hydrogen-bond donors (Lipinski definition) is 1. The molecule has 104 valence electrons. The maximum atomic E-state index is 12.1. The zero-order valence-electron chi connectivity index (χ0n) is 11.5. The number of benzene rings is 1. The van der Waals surface area contributed by atoms with Crippen molar-refractivity contribution in [1.82, 2.24) is 5.32 Å². The number of amides is 1.